The molecule has 0 aromatic heterocycles. The second-order valence-corrected chi connectivity index (χ2v) is 10.9. The van der Waals surface area contributed by atoms with Crippen molar-refractivity contribution in [1.82, 2.24) is 16.0 Å². The smallest absolute Gasteiger partial charge is 0.243 e. The number of carbonyl (C=O) groups excluding carboxylic acids is 3. The molecule has 3 aliphatic rings. The maximum atomic E-state index is 13.5. The van der Waals surface area contributed by atoms with Crippen molar-refractivity contribution >= 4 is 34.5 Å². The van der Waals surface area contributed by atoms with E-state index in [1.165, 1.54) is 6.08 Å². The van der Waals surface area contributed by atoms with Crippen LogP contribution in [0.25, 0.3) is 0 Å². The van der Waals surface area contributed by atoms with Crippen LogP contribution in [0.5, 0.6) is 0 Å². The Hall–Kier alpha value is -2.13. The predicted molar refractivity (Wildman–Crippen MR) is 140 cm³/mol. The van der Waals surface area contributed by atoms with E-state index in [0.29, 0.717) is 50.2 Å². The van der Waals surface area contributed by atoms with Crippen molar-refractivity contribution < 1.29 is 19.1 Å². The third-order valence-electron chi connectivity index (χ3n) is 6.95. The van der Waals surface area contributed by atoms with Crippen LogP contribution in [0.2, 0.25) is 0 Å². The lowest BCUT2D eigenvalue weighted by molar-refractivity contribution is -0.129. The summed E-state index contributed by atoms with van der Waals surface area (Å²) in [5.74, 6) is 0.109. The Bertz CT molecular complexity index is 824. The highest BCUT2D eigenvalue weighted by Crippen LogP contribution is 2.38. The first-order valence-corrected chi connectivity index (χ1v) is 13.8. The molecule has 2 heterocycles. The largest absolute Gasteiger partial charge is 0.381 e. The van der Waals surface area contributed by atoms with Crippen LogP contribution in [0.3, 0.4) is 0 Å². The van der Waals surface area contributed by atoms with Crippen molar-refractivity contribution in [2.45, 2.75) is 82.2 Å². The number of fused-ring (bicyclic) bond motifs is 1. The highest BCUT2D eigenvalue weighted by atomic mass is 32.2. The van der Waals surface area contributed by atoms with Crippen molar-refractivity contribution in [2.75, 3.05) is 19.8 Å². The summed E-state index contributed by atoms with van der Waals surface area (Å²) in [6.45, 7) is 9.21. The molecule has 0 saturated carbocycles. The number of nitrogens with zero attached hydrogens (tertiary/aromatic N) is 1. The average Bonchev–Trinajstić information content (AvgIpc) is 3.27. The van der Waals surface area contributed by atoms with Crippen molar-refractivity contribution in [1.29, 1.82) is 0 Å². The normalized spacial score (nSPS) is 25.7. The van der Waals surface area contributed by atoms with Gasteiger partial charge in [-0.2, -0.15) is 0 Å². The topological polar surface area (TPSA) is 109 Å². The van der Waals surface area contributed by atoms with Gasteiger partial charge < -0.3 is 20.7 Å². The molecular weight excluding hydrogens is 464 g/mol. The van der Waals surface area contributed by atoms with E-state index in [4.69, 9.17) is 9.73 Å². The molecule has 0 spiro atoms. The van der Waals surface area contributed by atoms with E-state index in [9.17, 15) is 14.4 Å². The molecule has 1 saturated heterocycles. The van der Waals surface area contributed by atoms with Crippen LogP contribution in [-0.2, 0) is 19.1 Å². The second-order valence-electron chi connectivity index (χ2n) is 9.55. The summed E-state index contributed by atoms with van der Waals surface area (Å²) in [4.78, 5) is 42.6. The second kappa shape index (κ2) is 13.8. The molecule has 0 radical (unpaired) electrons. The summed E-state index contributed by atoms with van der Waals surface area (Å²) in [6.07, 6.45) is 10.9. The Morgan fingerprint density at radius 3 is 2.69 bits per heavy atom. The first kappa shape index (κ1) is 27.5. The van der Waals surface area contributed by atoms with Crippen LogP contribution < -0.4 is 16.0 Å². The third kappa shape index (κ3) is 8.20. The Balaban J connectivity index is 1.69. The van der Waals surface area contributed by atoms with Crippen molar-refractivity contribution in [2.24, 2.45) is 16.8 Å². The van der Waals surface area contributed by atoms with E-state index in [2.05, 4.69) is 41.6 Å². The highest BCUT2D eigenvalue weighted by Gasteiger charge is 2.35. The van der Waals surface area contributed by atoms with Crippen LogP contribution in [0.15, 0.2) is 29.8 Å². The fourth-order valence-electron chi connectivity index (χ4n) is 4.83. The minimum Gasteiger partial charge on any atom is -0.381 e. The van der Waals surface area contributed by atoms with Gasteiger partial charge in [0, 0.05) is 43.9 Å². The van der Waals surface area contributed by atoms with E-state index in [1.54, 1.807) is 11.8 Å². The fourth-order valence-corrected chi connectivity index (χ4v) is 6.26. The quantitative estimate of drug-likeness (QED) is 0.280. The first-order chi connectivity index (χ1) is 16.9. The summed E-state index contributed by atoms with van der Waals surface area (Å²) < 4.78 is 5.48. The van der Waals surface area contributed by atoms with Gasteiger partial charge >= 0.3 is 0 Å². The molecule has 3 amide bonds. The number of rotatable bonds is 12. The van der Waals surface area contributed by atoms with Crippen molar-refractivity contribution in [3.05, 3.63) is 24.8 Å². The first-order valence-electron chi connectivity index (χ1n) is 12.9. The molecule has 3 rings (SSSR count). The lowest BCUT2D eigenvalue weighted by Crippen LogP contribution is -2.55. The number of amides is 3. The van der Waals surface area contributed by atoms with Gasteiger partial charge in [0.15, 0.2) is 0 Å². The summed E-state index contributed by atoms with van der Waals surface area (Å²) in [7, 11) is 0. The monoisotopic (exact) mass is 504 g/mol. The molecule has 3 N–H and O–H groups in total. The molecule has 0 aromatic rings. The lowest BCUT2D eigenvalue weighted by Gasteiger charge is -2.32. The molecule has 5 atom stereocenters. The summed E-state index contributed by atoms with van der Waals surface area (Å²) in [5.41, 5.74) is 0. The van der Waals surface area contributed by atoms with Gasteiger partial charge in [-0.05, 0) is 50.0 Å². The van der Waals surface area contributed by atoms with E-state index in [-0.39, 0.29) is 35.7 Å². The molecule has 9 heteroatoms. The molecule has 1 aliphatic carbocycles. The van der Waals surface area contributed by atoms with Crippen molar-refractivity contribution in [3.63, 3.8) is 0 Å². The van der Waals surface area contributed by atoms with E-state index in [0.717, 1.165) is 30.7 Å². The number of nitrogens with one attached hydrogen (secondary N) is 3. The zero-order chi connectivity index (χ0) is 25.2. The lowest BCUT2D eigenvalue weighted by atomic mass is 9.91. The van der Waals surface area contributed by atoms with Gasteiger partial charge in [-0.1, -0.05) is 32.6 Å². The standard InChI is InChI=1S/C26H40N4O4S/c1-4-7-24(32)28-20(15-25-29-19-9-8-17(5-2)14-22(19)35-25)26(33)30-21(16-27-23(31)6-3)18-10-12-34-13-11-18/h6,8-9,17-22H,3-5,7,10-16H2,1-2H3,(H,27,31)(H,28,32)(H,30,33)/t17?,19?,20-,21?,22?/m0/s1. The minimum atomic E-state index is -0.705. The zero-order valence-corrected chi connectivity index (χ0v) is 21.8. The van der Waals surface area contributed by atoms with Crippen LogP contribution in [-0.4, -0.2) is 65.9 Å². The Morgan fingerprint density at radius 1 is 1.23 bits per heavy atom. The Morgan fingerprint density at radius 2 is 2.00 bits per heavy atom. The number of allylic oxidation sites excluding steroid dienone is 1. The molecule has 0 bridgehead atoms. The van der Waals surface area contributed by atoms with Gasteiger partial charge in [-0.25, -0.2) is 0 Å². The number of aliphatic imine (C=N–C) groups is 1. The summed E-state index contributed by atoms with van der Waals surface area (Å²) >= 11 is 1.75. The molecule has 35 heavy (non-hydrogen) atoms. The van der Waals surface area contributed by atoms with Gasteiger partial charge in [0.25, 0.3) is 0 Å². The number of hydrogen-bond acceptors (Lipinski definition) is 6. The summed E-state index contributed by atoms with van der Waals surface area (Å²) in [5, 5.41) is 10.2. The number of hydrogen-bond donors (Lipinski definition) is 3. The van der Waals surface area contributed by atoms with E-state index >= 15 is 0 Å². The minimum absolute atomic E-state index is 0.137. The van der Waals surface area contributed by atoms with Crippen molar-refractivity contribution in [3.8, 4) is 0 Å². The van der Waals surface area contributed by atoms with Crippen LogP contribution in [0.1, 0.15) is 58.8 Å². The van der Waals surface area contributed by atoms with Crippen LogP contribution in [0.4, 0.5) is 0 Å². The van der Waals surface area contributed by atoms with Gasteiger partial charge in [0.2, 0.25) is 17.7 Å². The van der Waals surface area contributed by atoms with Crippen LogP contribution in [0, 0.1) is 11.8 Å². The maximum Gasteiger partial charge on any atom is 0.243 e. The van der Waals surface area contributed by atoms with Crippen LogP contribution >= 0.6 is 11.8 Å². The number of carbonyl (C=O) groups is 3. The molecule has 0 aromatic carbocycles. The van der Waals surface area contributed by atoms with Gasteiger partial charge in [-0.15, -0.1) is 11.8 Å². The molecule has 2 aliphatic heterocycles. The molecule has 4 unspecified atom stereocenters. The highest BCUT2D eigenvalue weighted by molar-refractivity contribution is 8.14. The maximum absolute atomic E-state index is 13.5. The summed E-state index contributed by atoms with van der Waals surface area (Å²) in [6, 6.07) is -0.810. The fraction of sp³-hybridized carbons (Fsp3) is 0.692. The number of thioether (sulfide) groups is 1. The Kier molecular flexibility index (Phi) is 10.8. The van der Waals surface area contributed by atoms with E-state index < -0.39 is 6.04 Å². The van der Waals surface area contributed by atoms with Gasteiger partial charge in [0.05, 0.1) is 11.1 Å². The SMILES string of the molecule is C=CC(=O)NCC(NC(=O)[C@H](CC1=NC2C=CC(CC)CC2S1)NC(=O)CCC)C1CCOCC1. The molecular formula is C26H40N4O4S. The molecule has 8 nitrogen and oxygen atoms in total. The van der Waals surface area contributed by atoms with E-state index in [1.807, 2.05) is 6.92 Å². The zero-order valence-electron chi connectivity index (χ0n) is 21.0. The third-order valence-corrected chi connectivity index (χ3v) is 8.27. The molecule has 1 fully saturated rings. The van der Waals surface area contributed by atoms with Gasteiger partial charge in [-0.3, -0.25) is 19.4 Å². The van der Waals surface area contributed by atoms with Gasteiger partial charge in [0.1, 0.15) is 6.04 Å². The number of ether oxygens (including phenoxy) is 1. The Labute approximate surface area is 213 Å². The molecule has 194 valence electrons. The average molecular weight is 505 g/mol. The predicted octanol–water partition coefficient (Wildman–Crippen LogP) is 2.74.